The number of hydrogen-bond donors (Lipinski definition) is 0. The predicted molar refractivity (Wildman–Crippen MR) is 101 cm³/mol. The number of nitrogens with zero attached hydrogens (tertiary/aromatic N) is 1. The largest absolute Gasteiger partial charge is 0.345 e. The molecular weight excluding hydrogens is 266 g/mol. The summed E-state index contributed by atoms with van der Waals surface area (Å²) in [5, 5.41) is 2.56. The standard InChI is InChI=1S/C17H15N.2C2H6/c1-18(16-9-3-2-4-10-16)17-12-11-14-7-5-6-8-15(14)13-17;2*1-2/h2-13H,1H3;2*1-2H3. The lowest BCUT2D eigenvalue weighted by atomic mass is 10.1. The maximum atomic E-state index is 2.22. The Balaban J connectivity index is 0.000000561. The fourth-order valence-electron chi connectivity index (χ4n) is 2.19. The highest BCUT2D eigenvalue weighted by atomic mass is 15.1. The highest BCUT2D eigenvalue weighted by Crippen LogP contribution is 2.26. The first kappa shape index (κ1) is 17.8. The van der Waals surface area contributed by atoms with Crippen molar-refractivity contribution in [3.63, 3.8) is 0 Å². The van der Waals surface area contributed by atoms with Crippen molar-refractivity contribution >= 4 is 22.1 Å². The summed E-state index contributed by atoms with van der Waals surface area (Å²) in [7, 11) is 2.10. The van der Waals surface area contributed by atoms with Gasteiger partial charge >= 0.3 is 0 Å². The Kier molecular flexibility index (Phi) is 7.77. The third kappa shape index (κ3) is 4.36. The van der Waals surface area contributed by atoms with Gasteiger partial charge in [0.05, 0.1) is 0 Å². The van der Waals surface area contributed by atoms with Gasteiger partial charge in [0.1, 0.15) is 0 Å². The van der Waals surface area contributed by atoms with E-state index in [2.05, 4.69) is 78.7 Å². The summed E-state index contributed by atoms with van der Waals surface area (Å²) >= 11 is 0. The van der Waals surface area contributed by atoms with E-state index in [1.807, 2.05) is 33.8 Å². The molecule has 1 nitrogen and oxygen atoms in total. The van der Waals surface area contributed by atoms with Gasteiger partial charge in [0.25, 0.3) is 0 Å². The second-order valence-corrected chi connectivity index (χ2v) is 4.43. The monoisotopic (exact) mass is 293 g/mol. The molecule has 0 atom stereocenters. The Hall–Kier alpha value is -2.28. The van der Waals surface area contributed by atoms with E-state index >= 15 is 0 Å². The molecule has 0 aliphatic heterocycles. The third-order valence-electron chi connectivity index (χ3n) is 3.26. The molecule has 0 saturated carbocycles. The van der Waals surface area contributed by atoms with Crippen molar-refractivity contribution in [3.8, 4) is 0 Å². The maximum Gasteiger partial charge on any atom is 0.0414 e. The fraction of sp³-hybridized carbons (Fsp3) is 0.238. The van der Waals surface area contributed by atoms with Gasteiger partial charge in [-0.05, 0) is 35.0 Å². The molecule has 0 spiro atoms. The first-order chi connectivity index (χ1) is 10.8. The van der Waals surface area contributed by atoms with Crippen LogP contribution < -0.4 is 4.90 Å². The molecule has 3 aromatic rings. The number of rotatable bonds is 2. The maximum absolute atomic E-state index is 2.22. The van der Waals surface area contributed by atoms with Gasteiger partial charge in [-0.15, -0.1) is 0 Å². The number of hydrogen-bond acceptors (Lipinski definition) is 1. The normalized spacial score (nSPS) is 9.14. The number of anilines is 2. The number of fused-ring (bicyclic) bond motifs is 1. The quantitative estimate of drug-likeness (QED) is 0.510. The van der Waals surface area contributed by atoms with Crippen LogP contribution in [0.2, 0.25) is 0 Å². The highest BCUT2D eigenvalue weighted by Gasteiger charge is 2.03. The second kappa shape index (κ2) is 9.62. The molecule has 0 saturated heterocycles. The lowest BCUT2D eigenvalue weighted by Crippen LogP contribution is -2.08. The zero-order chi connectivity index (χ0) is 16.4. The molecule has 0 aromatic heterocycles. The van der Waals surface area contributed by atoms with E-state index in [1.165, 1.54) is 22.1 Å². The van der Waals surface area contributed by atoms with Crippen molar-refractivity contribution in [3.05, 3.63) is 72.8 Å². The summed E-state index contributed by atoms with van der Waals surface area (Å²) in [6.07, 6.45) is 0. The minimum atomic E-state index is 1.20. The summed E-state index contributed by atoms with van der Waals surface area (Å²) in [5.41, 5.74) is 2.41. The Morgan fingerprint density at radius 1 is 0.545 bits per heavy atom. The first-order valence-electron chi connectivity index (χ1n) is 8.12. The minimum Gasteiger partial charge on any atom is -0.345 e. The van der Waals surface area contributed by atoms with Gasteiger partial charge < -0.3 is 4.90 Å². The first-order valence-corrected chi connectivity index (χ1v) is 8.12. The van der Waals surface area contributed by atoms with E-state index < -0.39 is 0 Å². The zero-order valence-electron chi connectivity index (χ0n) is 14.4. The van der Waals surface area contributed by atoms with Crippen LogP contribution in [0.5, 0.6) is 0 Å². The molecule has 0 unspecified atom stereocenters. The molecule has 0 heterocycles. The van der Waals surface area contributed by atoms with Crippen LogP contribution in [-0.2, 0) is 0 Å². The topological polar surface area (TPSA) is 3.24 Å². The molecule has 0 bridgehead atoms. The highest BCUT2D eigenvalue weighted by molar-refractivity contribution is 5.86. The molecule has 0 N–H and O–H groups in total. The molecule has 1 heteroatoms. The Bertz CT molecular complexity index is 659. The Morgan fingerprint density at radius 3 is 1.73 bits per heavy atom. The van der Waals surface area contributed by atoms with Crippen molar-refractivity contribution in [1.82, 2.24) is 0 Å². The summed E-state index contributed by atoms with van der Waals surface area (Å²) in [6.45, 7) is 8.00. The van der Waals surface area contributed by atoms with Gasteiger partial charge in [0, 0.05) is 18.4 Å². The molecule has 0 aliphatic rings. The average Bonchev–Trinajstić information content (AvgIpc) is 2.65. The van der Waals surface area contributed by atoms with E-state index in [-0.39, 0.29) is 0 Å². The van der Waals surface area contributed by atoms with Gasteiger partial charge in [0.2, 0.25) is 0 Å². The summed E-state index contributed by atoms with van der Waals surface area (Å²) in [5.74, 6) is 0. The van der Waals surface area contributed by atoms with Crippen molar-refractivity contribution in [2.45, 2.75) is 27.7 Å². The smallest absolute Gasteiger partial charge is 0.0414 e. The van der Waals surface area contributed by atoms with Crippen molar-refractivity contribution < 1.29 is 0 Å². The van der Waals surface area contributed by atoms with E-state index in [0.29, 0.717) is 0 Å². The van der Waals surface area contributed by atoms with Gasteiger partial charge in [0.15, 0.2) is 0 Å². The fourth-order valence-corrected chi connectivity index (χ4v) is 2.19. The van der Waals surface area contributed by atoms with Gasteiger partial charge in [-0.3, -0.25) is 0 Å². The number of para-hydroxylation sites is 1. The van der Waals surface area contributed by atoms with Gasteiger partial charge in [-0.25, -0.2) is 0 Å². The molecule has 0 aliphatic carbocycles. The third-order valence-corrected chi connectivity index (χ3v) is 3.26. The van der Waals surface area contributed by atoms with Crippen LogP contribution in [0.4, 0.5) is 11.4 Å². The molecule has 0 amide bonds. The van der Waals surface area contributed by atoms with Crippen molar-refractivity contribution in [2.75, 3.05) is 11.9 Å². The zero-order valence-corrected chi connectivity index (χ0v) is 14.4. The van der Waals surface area contributed by atoms with E-state index in [0.717, 1.165) is 0 Å². The molecule has 3 rings (SSSR count). The molecule has 0 radical (unpaired) electrons. The van der Waals surface area contributed by atoms with Gasteiger partial charge in [-0.2, -0.15) is 0 Å². The Labute approximate surface area is 135 Å². The van der Waals surface area contributed by atoms with Crippen LogP contribution in [-0.4, -0.2) is 7.05 Å². The summed E-state index contributed by atoms with van der Waals surface area (Å²) in [6, 6.07) is 25.4. The predicted octanol–water partition coefficient (Wildman–Crippen LogP) is 6.66. The molecule has 116 valence electrons. The molecule has 22 heavy (non-hydrogen) atoms. The van der Waals surface area contributed by atoms with Crippen LogP contribution in [0, 0.1) is 0 Å². The molecule has 3 aromatic carbocycles. The average molecular weight is 293 g/mol. The van der Waals surface area contributed by atoms with Crippen LogP contribution in [0.3, 0.4) is 0 Å². The van der Waals surface area contributed by atoms with Crippen LogP contribution >= 0.6 is 0 Å². The van der Waals surface area contributed by atoms with Crippen LogP contribution in [0.1, 0.15) is 27.7 Å². The van der Waals surface area contributed by atoms with Gasteiger partial charge in [-0.1, -0.05) is 76.2 Å². The van der Waals surface area contributed by atoms with Crippen LogP contribution in [0.25, 0.3) is 10.8 Å². The second-order valence-electron chi connectivity index (χ2n) is 4.43. The molecular formula is C21H27N. The Morgan fingerprint density at radius 2 is 1.09 bits per heavy atom. The minimum absolute atomic E-state index is 1.20. The number of benzene rings is 3. The van der Waals surface area contributed by atoms with Crippen molar-refractivity contribution in [1.29, 1.82) is 0 Å². The summed E-state index contributed by atoms with van der Waals surface area (Å²) in [4.78, 5) is 2.20. The SMILES string of the molecule is CC.CC.CN(c1ccccc1)c1ccc2ccccc2c1. The molecule has 0 fully saturated rings. The van der Waals surface area contributed by atoms with E-state index in [9.17, 15) is 0 Å². The lowest BCUT2D eigenvalue weighted by molar-refractivity contribution is 1.21. The van der Waals surface area contributed by atoms with Crippen molar-refractivity contribution in [2.24, 2.45) is 0 Å². The van der Waals surface area contributed by atoms with Crippen LogP contribution in [0.15, 0.2) is 72.8 Å². The summed E-state index contributed by atoms with van der Waals surface area (Å²) < 4.78 is 0. The van der Waals surface area contributed by atoms with E-state index in [1.54, 1.807) is 0 Å². The van der Waals surface area contributed by atoms with E-state index in [4.69, 9.17) is 0 Å². The lowest BCUT2D eigenvalue weighted by Gasteiger charge is -2.19.